The van der Waals surface area contributed by atoms with Crippen molar-refractivity contribution in [3.8, 4) is 0 Å². The Balaban J connectivity index is 1.97. The molecule has 0 bridgehead atoms. The van der Waals surface area contributed by atoms with Gasteiger partial charge in [-0.05, 0) is 25.2 Å². The Hall–Kier alpha value is -0.870. The standard InChI is InChI=1S/C15H27N3O/c1-14(2)8-6-5-7-13(14)16-11-15(3,19)12-9-17-18(4)10-12/h9-10,13,16,19H,5-8,11H2,1-4H3. The number of aromatic nitrogens is 2. The van der Waals surface area contributed by atoms with Crippen LogP contribution in [0.1, 0.15) is 52.0 Å². The van der Waals surface area contributed by atoms with E-state index in [1.165, 1.54) is 25.7 Å². The van der Waals surface area contributed by atoms with Gasteiger partial charge >= 0.3 is 0 Å². The Morgan fingerprint density at radius 2 is 2.26 bits per heavy atom. The second-order valence-corrected chi connectivity index (χ2v) is 6.84. The molecule has 2 rings (SSSR count). The second-order valence-electron chi connectivity index (χ2n) is 6.84. The van der Waals surface area contributed by atoms with E-state index in [0.29, 0.717) is 18.0 Å². The number of hydrogen-bond acceptors (Lipinski definition) is 3. The van der Waals surface area contributed by atoms with E-state index >= 15 is 0 Å². The van der Waals surface area contributed by atoms with Gasteiger partial charge in [-0.15, -0.1) is 0 Å². The highest BCUT2D eigenvalue weighted by atomic mass is 16.3. The van der Waals surface area contributed by atoms with Crippen molar-refractivity contribution in [2.75, 3.05) is 6.54 Å². The number of rotatable bonds is 4. The first kappa shape index (κ1) is 14.5. The highest BCUT2D eigenvalue weighted by Crippen LogP contribution is 2.35. The van der Waals surface area contributed by atoms with E-state index in [4.69, 9.17) is 0 Å². The highest BCUT2D eigenvalue weighted by Gasteiger charge is 2.34. The van der Waals surface area contributed by atoms with Crippen LogP contribution in [0.4, 0.5) is 0 Å². The molecule has 1 saturated carbocycles. The summed E-state index contributed by atoms with van der Waals surface area (Å²) in [5.74, 6) is 0. The molecule has 0 spiro atoms. The molecule has 0 saturated heterocycles. The molecule has 0 aromatic carbocycles. The molecular formula is C15H27N3O. The third-order valence-corrected chi connectivity index (χ3v) is 4.53. The van der Waals surface area contributed by atoms with Gasteiger partial charge in [-0.25, -0.2) is 0 Å². The average Bonchev–Trinajstić information content (AvgIpc) is 2.75. The third-order valence-electron chi connectivity index (χ3n) is 4.53. The minimum Gasteiger partial charge on any atom is -0.384 e. The van der Waals surface area contributed by atoms with Crippen molar-refractivity contribution in [1.82, 2.24) is 15.1 Å². The fourth-order valence-corrected chi connectivity index (χ4v) is 3.00. The molecule has 2 N–H and O–H groups in total. The van der Waals surface area contributed by atoms with Crippen molar-refractivity contribution in [3.63, 3.8) is 0 Å². The van der Waals surface area contributed by atoms with Crippen LogP contribution in [0.2, 0.25) is 0 Å². The van der Waals surface area contributed by atoms with Gasteiger partial charge in [0.2, 0.25) is 0 Å². The molecule has 0 amide bonds. The van der Waals surface area contributed by atoms with Crippen LogP contribution in [-0.4, -0.2) is 27.5 Å². The summed E-state index contributed by atoms with van der Waals surface area (Å²) >= 11 is 0. The molecule has 4 nitrogen and oxygen atoms in total. The fourth-order valence-electron chi connectivity index (χ4n) is 3.00. The van der Waals surface area contributed by atoms with E-state index in [9.17, 15) is 5.11 Å². The molecule has 1 fully saturated rings. The lowest BCUT2D eigenvalue weighted by Gasteiger charge is -2.40. The van der Waals surface area contributed by atoms with Crippen LogP contribution in [0.25, 0.3) is 0 Å². The SMILES string of the molecule is Cn1cc(C(C)(O)CNC2CCCCC2(C)C)cn1. The summed E-state index contributed by atoms with van der Waals surface area (Å²) in [7, 11) is 1.87. The van der Waals surface area contributed by atoms with E-state index in [1.54, 1.807) is 10.9 Å². The van der Waals surface area contributed by atoms with E-state index in [1.807, 2.05) is 20.2 Å². The number of aryl methyl sites for hydroxylation is 1. The van der Waals surface area contributed by atoms with Crippen molar-refractivity contribution in [3.05, 3.63) is 18.0 Å². The minimum atomic E-state index is -0.859. The molecule has 4 heteroatoms. The number of nitrogens with one attached hydrogen (secondary N) is 1. The summed E-state index contributed by atoms with van der Waals surface area (Å²) in [5.41, 5.74) is 0.335. The predicted octanol–water partition coefficient (Wildman–Crippen LogP) is 2.19. The second kappa shape index (κ2) is 5.25. The maximum atomic E-state index is 10.6. The first-order valence-corrected chi connectivity index (χ1v) is 7.26. The fraction of sp³-hybridized carbons (Fsp3) is 0.800. The molecule has 108 valence electrons. The largest absolute Gasteiger partial charge is 0.384 e. The molecule has 19 heavy (non-hydrogen) atoms. The first-order valence-electron chi connectivity index (χ1n) is 7.26. The Labute approximate surface area is 116 Å². The normalized spacial score (nSPS) is 26.1. The Kier molecular flexibility index (Phi) is 4.02. The summed E-state index contributed by atoms with van der Waals surface area (Å²) in [6, 6.07) is 0.490. The van der Waals surface area contributed by atoms with Crippen molar-refractivity contribution in [1.29, 1.82) is 0 Å². The van der Waals surface area contributed by atoms with Crippen molar-refractivity contribution < 1.29 is 5.11 Å². The first-order chi connectivity index (χ1) is 8.81. The van der Waals surface area contributed by atoms with E-state index in [-0.39, 0.29) is 0 Å². The quantitative estimate of drug-likeness (QED) is 0.877. The molecule has 0 radical (unpaired) electrons. The molecule has 1 aliphatic carbocycles. The van der Waals surface area contributed by atoms with E-state index < -0.39 is 5.60 Å². The molecule has 1 heterocycles. The Morgan fingerprint density at radius 3 is 2.84 bits per heavy atom. The molecule has 2 unspecified atom stereocenters. The predicted molar refractivity (Wildman–Crippen MR) is 76.8 cm³/mol. The average molecular weight is 265 g/mol. The molecule has 1 aliphatic rings. The Bertz CT molecular complexity index is 423. The van der Waals surface area contributed by atoms with Gasteiger partial charge in [-0.1, -0.05) is 26.7 Å². The number of nitrogens with zero attached hydrogens (tertiary/aromatic N) is 2. The van der Waals surface area contributed by atoms with Gasteiger partial charge in [0.1, 0.15) is 5.60 Å². The van der Waals surface area contributed by atoms with Crippen molar-refractivity contribution in [2.24, 2.45) is 12.5 Å². The van der Waals surface area contributed by atoms with E-state index in [2.05, 4.69) is 24.3 Å². The highest BCUT2D eigenvalue weighted by molar-refractivity contribution is 5.14. The van der Waals surface area contributed by atoms with Crippen LogP contribution < -0.4 is 5.32 Å². The molecular weight excluding hydrogens is 238 g/mol. The van der Waals surface area contributed by atoms with Gasteiger partial charge in [-0.3, -0.25) is 4.68 Å². The maximum absolute atomic E-state index is 10.6. The summed E-state index contributed by atoms with van der Waals surface area (Å²) in [6.45, 7) is 7.07. The van der Waals surface area contributed by atoms with Crippen LogP contribution in [0, 0.1) is 5.41 Å². The molecule has 0 aliphatic heterocycles. The maximum Gasteiger partial charge on any atom is 0.102 e. The number of hydrogen-bond donors (Lipinski definition) is 2. The van der Waals surface area contributed by atoms with Crippen molar-refractivity contribution in [2.45, 2.75) is 58.1 Å². The van der Waals surface area contributed by atoms with Crippen molar-refractivity contribution >= 4 is 0 Å². The van der Waals surface area contributed by atoms with Crippen LogP contribution in [-0.2, 0) is 12.6 Å². The van der Waals surface area contributed by atoms with Gasteiger partial charge in [-0.2, -0.15) is 5.10 Å². The molecule has 1 aromatic heterocycles. The Morgan fingerprint density at radius 1 is 1.53 bits per heavy atom. The van der Waals surface area contributed by atoms with Gasteiger partial charge in [0.15, 0.2) is 0 Å². The molecule has 2 atom stereocenters. The third kappa shape index (κ3) is 3.37. The lowest BCUT2D eigenvalue weighted by atomic mass is 9.73. The number of aliphatic hydroxyl groups is 1. The lowest BCUT2D eigenvalue weighted by molar-refractivity contribution is 0.0422. The zero-order valence-electron chi connectivity index (χ0n) is 12.6. The topological polar surface area (TPSA) is 50.1 Å². The van der Waals surface area contributed by atoms with Crippen LogP contribution in [0.5, 0.6) is 0 Å². The van der Waals surface area contributed by atoms with Gasteiger partial charge in [0, 0.05) is 31.4 Å². The summed E-state index contributed by atoms with van der Waals surface area (Å²) < 4.78 is 1.73. The summed E-state index contributed by atoms with van der Waals surface area (Å²) in [4.78, 5) is 0. The monoisotopic (exact) mass is 265 g/mol. The van der Waals surface area contributed by atoms with Gasteiger partial charge < -0.3 is 10.4 Å². The smallest absolute Gasteiger partial charge is 0.102 e. The van der Waals surface area contributed by atoms with Crippen LogP contribution in [0.3, 0.4) is 0 Å². The molecule has 1 aromatic rings. The van der Waals surface area contributed by atoms with Crippen LogP contribution in [0.15, 0.2) is 12.4 Å². The zero-order valence-corrected chi connectivity index (χ0v) is 12.6. The van der Waals surface area contributed by atoms with Gasteiger partial charge in [0.05, 0.1) is 6.20 Å². The summed E-state index contributed by atoms with van der Waals surface area (Å²) in [5, 5.41) is 18.3. The van der Waals surface area contributed by atoms with Crippen LogP contribution >= 0.6 is 0 Å². The zero-order chi connectivity index (χ0) is 14.1. The summed E-state index contributed by atoms with van der Waals surface area (Å²) in [6.07, 6.45) is 8.71. The van der Waals surface area contributed by atoms with E-state index in [0.717, 1.165) is 5.56 Å². The minimum absolute atomic E-state index is 0.323. The van der Waals surface area contributed by atoms with Gasteiger partial charge in [0.25, 0.3) is 0 Å². The lowest BCUT2D eigenvalue weighted by Crippen LogP contribution is -2.48.